The van der Waals surface area contributed by atoms with Crippen LogP contribution in [0.2, 0.25) is 0 Å². The van der Waals surface area contributed by atoms with E-state index >= 15 is 0 Å². The minimum atomic E-state index is -0.0347. The summed E-state index contributed by atoms with van der Waals surface area (Å²) in [6.45, 7) is 6.98. The fourth-order valence-electron chi connectivity index (χ4n) is 2.59. The van der Waals surface area contributed by atoms with Crippen molar-refractivity contribution in [2.45, 2.75) is 45.3 Å². The van der Waals surface area contributed by atoms with Crippen molar-refractivity contribution in [1.29, 1.82) is 0 Å². The summed E-state index contributed by atoms with van der Waals surface area (Å²) in [5, 5.41) is 3.16. The Hall–Kier alpha value is -0.610. The lowest BCUT2D eigenvalue weighted by Gasteiger charge is -2.33. The Kier molecular flexibility index (Phi) is 3.73. The van der Waals surface area contributed by atoms with Gasteiger partial charge in [-0.3, -0.25) is 4.79 Å². The van der Waals surface area contributed by atoms with Gasteiger partial charge in [0.2, 0.25) is 5.91 Å². The Balaban J connectivity index is 2.02. The standard InChI is InChI=1S/C13H24N2O2/c1-13(2)5-6-15(9-10-4-7-17-10)12(16)11(8-13)14-3/h10-11,14H,4-9H2,1-3H3. The number of nitrogens with zero attached hydrogens (tertiary/aromatic N) is 1. The fourth-order valence-corrected chi connectivity index (χ4v) is 2.59. The van der Waals surface area contributed by atoms with Crippen LogP contribution in [0.5, 0.6) is 0 Å². The molecule has 0 aromatic carbocycles. The van der Waals surface area contributed by atoms with E-state index in [-0.39, 0.29) is 23.5 Å². The fraction of sp³-hybridized carbons (Fsp3) is 0.923. The molecule has 17 heavy (non-hydrogen) atoms. The molecule has 2 rings (SSSR count). The molecule has 2 fully saturated rings. The molecule has 0 bridgehead atoms. The van der Waals surface area contributed by atoms with Crippen molar-refractivity contribution in [3.63, 3.8) is 0 Å². The summed E-state index contributed by atoms with van der Waals surface area (Å²) in [5.74, 6) is 0.244. The SMILES string of the molecule is CNC1CC(C)(C)CCN(CC2CCO2)C1=O. The van der Waals surface area contributed by atoms with Gasteiger partial charge in [-0.05, 0) is 31.7 Å². The van der Waals surface area contributed by atoms with Crippen LogP contribution < -0.4 is 5.32 Å². The number of likely N-dealkylation sites (tertiary alicyclic amines) is 1. The highest BCUT2D eigenvalue weighted by Gasteiger charge is 2.35. The first-order chi connectivity index (χ1) is 8.02. The molecule has 0 aromatic rings. The van der Waals surface area contributed by atoms with Gasteiger partial charge in [-0.2, -0.15) is 0 Å². The van der Waals surface area contributed by atoms with Crippen LogP contribution in [0.4, 0.5) is 0 Å². The molecular formula is C13H24N2O2. The van der Waals surface area contributed by atoms with Crippen LogP contribution in [0.15, 0.2) is 0 Å². The number of hydrogen-bond acceptors (Lipinski definition) is 3. The number of nitrogens with one attached hydrogen (secondary N) is 1. The van der Waals surface area contributed by atoms with Gasteiger partial charge >= 0.3 is 0 Å². The van der Waals surface area contributed by atoms with Crippen molar-refractivity contribution in [3.8, 4) is 0 Å². The molecule has 1 N–H and O–H groups in total. The Bertz CT molecular complexity index is 287. The lowest BCUT2D eigenvalue weighted by atomic mass is 9.83. The van der Waals surface area contributed by atoms with Gasteiger partial charge in [-0.15, -0.1) is 0 Å². The summed E-state index contributed by atoms with van der Waals surface area (Å²) in [6, 6.07) is -0.0347. The van der Waals surface area contributed by atoms with Crippen LogP contribution in [-0.4, -0.2) is 49.7 Å². The monoisotopic (exact) mass is 240 g/mol. The van der Waals surface area contributed by atoms with E-state index in [4.69, 9.17) is 4.74 Å². The minimum absolute atomic E-state index is 0.0347. The summed E-state index contributed by atoms with van der Waals surface area (Å²) in [5.41, 5.74) is 0.235. The number of carbonyl (C=O) groups is 1. The molecule has 2 aliphatic rings. The number of ether oxygens (including phenoxy) is 1. The number of carbonyl (C=O) groups excluding carboxylic acids is 1. The van der Waals surface area contributed by atoms with E-state index in [1.165, 1.54) is 0 Å². The van der Waals surface area contributed by atoms with Gasteiger partial charge in [0.25, 0.3) is 0 Å². The maximum Gasteiger partial charge on any atom is 0.239 e. The van der Waals surface area contributed by atoms with E-state index in [0.29, 0.717) is 0 Å². The van der Waals surface area contributed by atoms with Crippen molar-refractivity contribution in [2.24, 2.45) is 5.41 Å². The van der Waals surface area contributed by atoms with Gasteiger partial charge in [0, 0.05) is 19.7 Å². The third kappa shape index (κ3) is 2.99. The zero-order valence-electron chi connectivity index (χ0n) is 11.2. The largest absolute Gasteiger partial charge is 0.376 e. The normalized spacial score (nSPS) is 33.1. The van der Waals surface area contributed by atoms with E-state index in [1.807, 2.05) is 11.9 Å². The Labute approximate surface area is 104 Å². The second-order valence-electron chi connectivity index (χ2n) is 6.03. The van der Waals surface area contributed by atoms with Crippen LogP contribution in [0.3, 0.4) is 0 Å². The van der Waals surface area contributed by atoms with Gasteiger partial charge in [0.15, 0.2) is 0 Å². The summed E-state index contributed by atoms with van der Waals surface area (Å²) in [7, 11) is 1.88. The quantitative estimate of drug-likeness (QED) is 0.800. The van der Waals surface area contributed by atoms with Gasteiger partial charge in [-0.25, -0.2) is 0 Å². The summed E-state index contributed by atoms with van der Waals surface area (Å²) >= 11 is 0. The highest BCUT2D eigenvalue weighted by molar-refractivity contribution is 5.82. The van der Waals surface area contributed by atoms with Crippen molar-refractivity contribution < 1.29 is 9.53 Å². The molecule has 0 aliphatic carbocycles. The van der Waals surface area contributed by atoms with Crippen LogP contribution in [0.25, 0.3) is 0 Å². The predicted molar refractivity (Wildman–Crippen MR) is 66.8 cm³/mol. The number of likely N-dealkylation sites (N-methyl/N-ethyl adjacent to an activating group) is 1. The molecule has 4 nitrogen and oxygen atoms in total. The van der Waals surface area contributed by atoms with E-state index in [2.05, 4.69) is 19.2 Å². The van der Waals surface area contributed by atoms with Gasteiger partial charge < -0.3 is 15.0 Å². The molecule has 0 spiro atoms. The molecule has 2 unspecified atom stereocenters. The van der Waals surface area contributed by atoms with E-state index < -0.39 is 0 Å². The summed E-state index contributed by atoms with van der Waals surface area (Å²) in [6.07, 6.45) is 3.36. The molecule has 2 saturated heterocycles. The van der Waals surface area contributed by atoms with Crippen LogP contribution in [-0.2, 0) is 9.53 Å². The first-order valence-corrected chi connectivity index (χ1v) is 6.59. The van der Waals surface area contributed by atoms with E-state index in [0.717, 1.165) is 39.0 Å². The molecule has 0 aromatic heterocycles. The average Bonchev–Trinajstić information content (AvgIpc) is 2.32. The average molecular weight is 240 g/mol. The van der Waals surface area contributed by atoms with Crippen LogP contribution >= 0.6 is 0 Å². The van der Waals surface area contributed by atoms with Gasteiger partial charge in [-0.1, -0.05) is 13.8 Å². The third-order valence-electron chi connectivity index (χ3n) is 3.99. The summed E-state index contributed by atoms with van der Waals surface area (Å²) < 4.78 is 5.43. The molecule has 1 amide bonds. The lowest BCUT2D eigenvalue weighted by molar-refractivity contribution is -0.138. The van der Waals surface area contributed by atoms with E-state index in [1.54, 1.807) is 0 Å². The van der Waals surface area contributed by atoms with Crippen molar-refractivity contribution in [3.05, 3.63) is 0 Å². The zero-order chi connectivity index (χ0) is 12.5. The molecular weight excluding hydrogens is 216 g/mol. The second kappa shape index (κ2) is 4.94. The van der Waals surface area contributed by atoms with Gasteiger partial charge in [0.1, 0.15) is 0 Å². The Morgan fingerprint density at radius 1 is 1.53 bits per heavy atom. The van der Waals surface area contributed by atoms with Crippen molar-refractivity contribution in [2.75, 3.05) is 26.7 Å². The summed E-state index contributed by atoms with van der Waals surface area (Å²) in [4.78, 5) is 14.3. The minimum Gasteiger partial charge on any atom is -0.376 e. The van der Waals surface area contributed by atoms with Gasteiger partial charge in [0.05, 0.1) is 12.1 Å². The van der Waals surface area contributed by atoms with E-state index in [9.17, 15) is 4.79 Å². The maximum absolute atomic E-state index is 12.3. The predicted octanol–water partition coefficient (Wildman–Crippen LogP) is 1.01. The molecule has 2 atom stereocenters. The highest BCUT2D eigenvalue weighted by atomic mass is 16.5. The topological polar surface area (TPSA) is 41.6 Å². The molecule has 4 heteroatoms. The van der Waals surface area contributed by atoms with Crippen molar-refractivity contribution in [1.82, 2.24) is 10.2 Å². The Morgan fingerprint density at radius 2 is 2.24 bits per heavy atom. The van der Waals surface area contributed by atoms with Crippen LogP contribution in [0, 0.1) is 5.41 Å². The zero-order valence-corrected chi connectivity index (χ0v) is 11.2. The number of hydrogen-bond donors (Lipinski definition) is 1. The smallest absolute Gasteiger partial charge is 0.239 e. The molecule has 2 aliphatic heterocycles. The highest BCUT2D eigenvalue weighted by Crippen LogP contribution is 2.31. The van der Waals surface area contributed by atoms with Crippen molar-refractivity contribution >= 4 is 5.91 Å². The van der Waals surface area contributed by atoms with Crippen LogP contribution in [0.1, 0.15) is 33.1 Å². The second-order valence-corrected chi connectivity index (χ2v) is 6.03. The first kappa shape index (κ1) is 12.8. The maximum atomic E-state index is 12.3. The number of amides is 1. The molecule has 0 radical (unpaired) electrons. The number of rotatable bonds is 3. The Morgan fingerprint density at radius 3 is 2.76 bits per heavy atom. The third-order valence-corrected chi connectivity index (χ3v) is 3.99. The molecule has 0 saturated carbocycles. The molecule has 98 valence electrons. The molecule has 2 heterocycles. The first-order valence-electron chi connectivity index (χ1n) is 6.59. The lowest BCUT2D eigenvalue weighted by Crippen LogP contribution is -2.49.